The van der Waals surface area contributed by atoms with Crippen LogP contribution in [0.1, 0.15) is 43.1 Å². The molecule has 2 aromatic carbocycles. The molecule has 0 radical (unpaired) electrons. The topological polar surface area (TPSA) is 79.2 Å². The van der Waals surface area contributed by atoms with E-state index in [0.717, 1.165) is 16.9 Å². The Hall–Kier alpha value is -1.99. The zero-order valence-corrected chi connectivity index (χ0v) is 18.3. The molecular formula is C22H25IO5. The number of aromatic hydroxyl groups is 1. The molecule has 5 nitrogen and oxygen atoms in total. The van der Waals surface area contributed by atoms with Crippen LogP contribution in [0.5, 0.6) is 17.2 Å². The first-order chi connectivity index (χ1) is 13.3. The molecule has 150 valence electrons. The number of hydrogen-bond acceptors (Lipinski definition) is 5. The number of aliphatic hydroxyl groups excluding tert-OH is 2. The summed E-state index contributed by atoms with van der Waals surface area (Å²) >= 11 is 2.00. The highest BCUT2D eigenvalue weighted by Crippen LogP contribution is 2.35. The van der Waals surface area contributed by atoms with Crippen molar-refractivity contribution in [2.24, 2.45) is 0 Å². The molecule has 0 aliphatic heterocycles. The van der Waals surface area contributed by atoms with E-state index in [9.17, 15) is 15.3 Å². The van der Waals surface area contributed by atoms with Gasteiger partial charge in [-0.25, -0.2) is 0 Å². The van der Waals surface area contributed by atoms with Crippen molar-refractivity contribution in [3.8, 4) is 17.2 Å². The summed E-state index contributed by atoms with van der Waals surface area (Å²) in [6.07, 6.45) is 1.20. The van der Waals surface area contributed by atoms with Crippen molar-refractivity contribution in [1.29, 1.82) is 0 Å². The Morgan fingerprint density at radius 2 is 1.75 bits per heavy atom. The first-order valence-corrected chi connectivity index (χ1v) is 9.90. The number of rotatable bonds is 8. The second-order valence-corrected chi connectivity index (χ2v) is 7.59. The third-order valence-electron chi connectivity index (χ3n) is 4.35. The van der Waals surface area contributed by atoms with E-state index < -0.39 is 12.2 Å². The zero-order chi connectivity index (χ0) is 20.7. The number of phenols is 1. The number of halogens is 1. The summed E-state index contributed by atoms with van der Waals surface area (Å²) in [5, 5.41) is 30.6. The molecule has 2 rings (SSSR count). The van der Waals surface area contributed by atoms with Gasteiger partial charge in [0.05, 0.1) is 30.0 Å². The van der Waals surface area contributed by atoms with Gasteiger partial charge in [0, 0.05) is 12.8 Å². The van der Waals surface area contributed by atoms with E-state index in [2.05, 4.69) is 5.73 Å². The van der Waals surface area contributed by atoms with Crippen LogP contribution in [0, 0.1) is 3.57 Å². The molecule has 0 heterocycles. The zero-order valence-electron chi connectivity index (χ0n) is 16.1. The van der Waals surface area contributed by atoms with Crippen molar-refractivity contribution in [3.05, 3.63) is 68.5 Å². The van der Waals surface area contributed by atoms with Crippen LogP contribution >= 0.6 is 22.6 Å². The fraction of sp³-hybridized carbons (Fsp3) is 0.318. The molecule has 0 aliphatic carbocycles. The fourth-order valence-electron chi connectivity index (χ4n) is 2.72. The second kappa shape index (κ2) is 10.5. The summed E-state index contributed by atoms with van der Waals surface area (Å²) in [4.78, 5) is 0. The van der Waals surface area contributed by atoms with Crippen LogP contribution in [0.4, 0.5) is 0 Å². The van der Waals surface area contributed by atoms with Gasteiger partial charge in [-0.1, -0.05) is 12.1 Å². The molecule has 0 amide bonds. The monoisotopic (exact) mass is 496 g/mol. The van der Waals surface area contributed by atoms with Gasteiger partial charge in [-0.05, 0) is 76.6 Å². The predicted molar refractivity (Wildman–Crippen MR) is 117 cm³/mol. The molecular weight excluding hydrogens is 471 g/mol. The predicted octanol–water partition coefficient (Wildman–Crippen LogP) is 4.66. The summed E-state index contributed by atoms with van der Waals surface area (Å²) in [6, 6.07) is 10.7. The molecule has 0 aliphatic rings. The minimum Gasteiger partial charge on any atom is -0.504 e. The Labute approximate surface area is 179 Å². The minimum atomic E-state index is -0.741. The van der Waals surface area contributed by atoms with Crippen molar-refractivity contribution in [2.75, 3.05) is 14.2 Å². The summed E-state index contributed by atoms with van der Waals surface area (Å²) in [6.45, 7) is 1.89. The van der Waals surface area contributed by atoms with Crippen LogP contribution in [0.2, 0.25) is 0 Å². The molecule has 0 aromatic heterocycles. The summed E-state index contributed by atoms with van der Waals surface area (Å²) < 4.78 is 10.9. The molecule has 2 atom stereocenters. The maximum absolute atomic E-state index is 10.4. The highest BCUT2D eigenvalue weighted by atomic mass is 127. The minimum absolute atomic E-state index is 0.0675. The molecule has 2 aromatic rings. The number of aliphatic hydroxyl groups is 2. The molecule has 6 heteroatoms. The van der Waals surface area contributed by atoms with Crippen molar-refractivity contribution in [1.82, 2.24) is 0 Å². The number of ether oxygens (including phenoxy) is 2. The molecule has 0 saturated heterocycles. The molecule has 0 saturated carbocycles. The van der Waals surface area contributed by atoms with Crippen molar-refractivity contribution in [2.45, 2.75) is 32.0 Å². The van der Waals surface area contributed by atoms with Gasteiger partial charge in [-0.15, -0.1) is 5.73 Å². The highest BCUT2D eigenvalue weighted by molar-refractivity contribution is 14.1. The maximum atomic E-state index is 10.4. The molecule has 3 N–H and O–H groups in total. The van der Waals surface area contributed by atoms with E-state index >= 15 is 0 Å². The lowest BCUT2D eigenvalue weighted by atomic mass is 10.0. The first kappa shape index (κ1) is 22.3. The third kappa shape index (κ3) is 6.01. The van der Waals surface area contributed by atoms with Crippen LogP contribution in [-0.4, -0.2) is 29.5 Å². The standard InChI is InChI=1S/C22H25IO5/c1-14(11-20(25)15-7-9-17(27-2)10-8-15)5-4-6-19(24)16-12-18(23)22(26)21(13-16)28-3/h4,7-10,12-13,19-20,24-26H,6,11H2,1-3H3/t5?,19-,20-/m1/s1. The normalized spacial score (nSPS) is 12.6. The van der Waals surface area contributed by atoms with E-state index in [1.807, 2.05) is 53.8 Å². The molecule has 0 unspecified atom stereocenters. The number of hydrogen-bond donors (Lipinski definition) is 3. The largest absolute Gasteiger partial charge is 0.504 e. The summed E-state index contributed by atoms with van der Waals surface area (Å²) in [5.74, 6) is 1.15. The van der Waals surface area contributed by atoms with E-state index in [4.69, 9.17) is 9.47 Å². The van der Waals surface area contributed by atoms with Crippen molar-refractivity contribution in [3.63, 3.8) is 0 Å². The molecule has 0 bridgehead atoms. The van der Waals surface area contributed by atoms with Crippen LogP contribution in [0.25, 0.3) is 0 Å². The van der Waals surface area contributed by atoms with E-state index in [1.54, 1.807) is 25.3 Å². The fourth-order valence-corrected chi connectivity index (χ4v) is 3.34. The lowest BCUT2D eigenvalue weighted by molar-refractivity contribution is 0.178. The average Bonchev–Trinajstić information content (AvgIpc) is 2.69. The molecule has 28 heavy (non-hydrogen) atoms. The average molecular weight is 496 g/mol. The Morgan fingerprint density at radius 1 is 1.07 bits per heavy atom. The third-order valence-corrected chi connectivity index (χ3v) is 5.17. The van der Waals surface area contributed by atoms with Gasteiger partial charge < -0.3 is 24.8 Å². The van der Waals surface area contributed by atoms with Gasteiger partial charge in [0.1, 0.15) is 5.75 Å². The summed E-state index contributed by atoms with van der Waals surface area (Å²) in [5.41, 5.74) is 5.48. The van der Waals surface area contributed by atoms with Crippen LogP contribution in [0.3, 0.4) is 0 Å². The quantitative estimate of drug-likeness (QED) is 0.366. The van der Waals surface area contributed by atoms with Gasteiger partial charge in [0.15, 0.2) is 11.5 Å². The van der Waals surface area contributed by atoms with Crippen LogP contribution < -0.4 is 9.47 Å². The van der Waals surface area contributed by atoms with E-state index in [1.165, 1.54) is 7.11 Å². The van der Waals surface area contributed by atoms with Crippen molar-refractivity contribution >= 4 is 22.6 Å². The molecule has 0 spiro atoms. The van der Waals surface area contributed by atoms with Gasteiger partial charge in [-0.3, -0.25) is 0 Å². The number of benzene rings is 2. The Kier molecular flexibility index (Phi) is 8.38. The van der Waals surface area contributed by atoms with Crippen molar-refractivity contribution < 1.29 is 24.8 Å². The van der Waals surface area contributed by atoms with Gasteiger partial charge in [0.25, 0.3) is 0 Å². The van der Waals surface area contributed by atoms with Gasteiger partial charge in [0.2, 0.25) is 0 Å². The highest BCUT2D eigenvalue weighted by Gasteiger charge is 2.13. The SMILES string of the molecule is COc1ccc([C@H](O)CC(C)=C=CC[C@@H](O)c2cc(I)c(O)c(OC)c2)cc1. The Morgan fingerprint density at radius 3 is 2.36 bits per heavy atom. The Balaban J connectivity index is 2.01. The van der Waals surface area contributed by atoms with Gasteiger partial charge >= 0.3 is 0 Å². The summed E-state index contributed by atoms with van der Waals surface area (Å²) in [7, 11) is 3.08. The number of methoxy groups -OCH3 is 2. The van der Waals surface area contributed by atoms with Crippen LogP contribution in [-0.2, 0) is 0 Å². The van der Waals surface area contributed by atoms with E-state index in [-0.39, 0.29) is 5.75 Å². The lowest BCUT2D eigenvalue weighted by Gasteiger charge is -2.13. The van der Waals surface area contributed by atoms with Gasteiger partial charge in [-0.2, -0.15) is 0 Å². The van der Waals surface area contributed by atoms with Crippen LogP contribution in [0.15, 0.2) is 53.8 Å². The smallest absolute Gasteiger partial charge is 0.171 e. The number of phenolic OH excluding ortho intramolecular Hbond substituents is 1. The maximum Gasteiger partial charge on any atom is 0.171 e. The first-order valence-electron chi connectivity index (χ1n) is 8.82. The second-order valence-electron chi connectivity index (χ2n) is 6.43. The molecule has 0 fully saturated rings. The lowest BCUT2D eigenvalue weighted by Crippen LogP contribution is -1.99. The Bertz CT molecular complexity index is 854. The van der Waals surface area contributed by atoms with E-state index in [0.29, 0.717) is 27.7 Å².